The third-order valence-electron chi connectivity index (χ3n) is 3.79. The predicted octanol–water partition coefficient (Wildman–Crippen LogP) is 2.90. The molecule has 1 N–H and O–H groups in total. The Balaban J connectivity index is 0.00000200. The summed E-state index contributed by atoms with van der Waals surface area (Å²) in [5.41, 5.74) is 0.910. The Kier molecular flexibility index (Phi) is 7.35. The lowest BCUT2D eigenvalue weighted by atomic mass is 10.1. The maximum absolute atomic E-state index is 12.3. The first-order valence-electron chi connectivity index (χ1n) is 6.88. The molecule has 1 amide bonds. The quantitative estimate of drug-likeness (QED) is 0.930. The molecule has 1 unspecified atom stereocenters. The van der Waals surface area contributed by atoms with E-state index in [0.29, 0.717) is 17.5 Å². The Hall–Kier alpha value is -0.770. The van der Waals surface area contributed by atoms with Crippen LogP contribution in [0.25, 0.3) is 0 Å². The summed E-state index contributed by atoms with van der Waals surface area (Å²) in [5, 5.41) is 4.04. The van der Waals surface area contributed by atoms with Crippen LogP contribution in [0.15, 0.2) is 24.3 Å². The van der Waals surface area contributed by atoms with Crippen LogP contribution >= 0.6 is 24.0 Å². The van der Waals surface area contributed by atoms with E-state index in [1.165, 1.54) is 0 Å². The number of carbonyl (C=O) groups excluding carboxylic acids is 1. The second kappa shape index (κ2) is 8.50. The van der Waals surface area contributed by atoms with Gasteiger partial charge in [0.2, 0.25) is 5.91 Å². The van der Waals surface area contributed by atoms with Crippen molar-refractivity contribution in [1.82, 2.24) is 10.2 Å². The molecule has 112 valence electrons. The van der Waals surface area contributed by atoms with Crippen LogP contribution in [0.4, 0.5) is 0 Å². The van der Waals surface area contributed by atoms with Gasteiger partial charge in [0.1, 0.15) is 0 Å². The maximum atomic E-state index is 12.3. The Morgan fingerprint density at radius 2 is 2.10 bits per heavy atom. The van der Waals surface area contributed by atoms with Gasteiger partial charge in [0, 0.05) is 18.1 Å². The zero-order valence-corrected chi connectivity index (χ0v) is 13.3. The van der Waals surface area contributed by atoms with Gasteiger partial charge in [0.05, 0.1) is 6.42 Å². The number of carbonyl (C=O) groups is 1. The molecule has 1 aliphatic rings. The van der Waals surface area contributed by atoms with E-state index in [-0.39, 0.29) is 18.3 Å². The number of hydrogen-bond acceptors (Lipinski definition) is 2. The van der Waals surface area contributed by atoms with Crippen molar-refractivity contribution in [2.75, 3.05) is 20.1 Å². The van der Waals surface area contributed by atoms with Crippen molar-refractivity contribution in [3.05, 3.63) is 34.9 Å². The van der Waals surface area contributed by atoms with Crippen LogP contribution in [0, 0.1) is 0 Å². The van der Waals surface area contributed by atoms with Gasteiger partial charge in [-0.1, -0.05) is 29.8 Å². The monoisotopic (exact) mass is 316 g/mol. The van der Waals surface area contributed by atoms with E-state index in [4.69, 9.17) is 11.6 Å². The third kappa shape index (κ3) is 4.65. The molecule has 1 atom stereocenters. The first-order valence-corrected chi connectivity index (χ1v) is 7.26. The molecule has 2 rings (SSSR count). The highest BCUT2D eigenvalue weighted by Gasteiger charge is 2.21. The van der Waals surface area contributed by atoms with E-state index in [2.05, 4.69) is 5.32 Å². The normalized spacial score (nSPS) is 18.8. The Bertz CT molecular complexity index is 432. The zero-order valence-electron chi connectivity index (χ0n) is 11.8. The molecule has 0 saturated carbocycles. The fourth-order valence-electron chi connectivity index (χ4n) is 2.52. The molecule has 0 bridgehead atoms. The van der Waals surface area contributed by atoms with Gasteiger partial charge in [-0.3, -0.25) is 4.79 Å². The first-order chi connectivity index (χ1) is 9.18. The lowest BCUT2D eigenvalue weighted by Crippen LogP contribution is -2.38. The Morgan fingerprint density at radius 3 is 2.85 bits per heavy atom. The minimum Gasteiger partial charge on any atom is -0.342 e. The number of halogens is 2. The third-order valence-corrected chi connectivity index (χ3v) is 4.15. The summed E-state index contributed by atoms with van der Waals surface area (Å²) in [4.78, 5) is 14.2. The number of amides is 1. The van der Waals surface area contributed by atoms with Crippen molar-refractivity contribution in [3.8, 4) is 0 Å². The summed E-state index contributed by atoms with van der Waals surface area (Å²) in [7, 11) is 1.91. The topological polar surface area (TPSA) is 32.3 Å². The van der Waals surface area contributed by atoms with Gasteiger partial charge in [-0.15, -0.1) is 12.4 Å². The summed E-state index contributed by atoms with van der Waals surface area (Å²) < 4.78 is 0. The smallest absolute Gasteiger partial charge is 0.227 e. The van der Waals surface area contributed by atoms with Crippen LogP contribution in [0.3, 0.4) is 0 Å². The number of hydrogen-bond donors (Lipinski definition) is 1. The van der Waals surface area contributed by atoms with Gasteiger partial charge in [-0.05, 0) is 44.0 Å². The van der Waals surface area contributed by atoms with Crippen LogP contribution in [0.2, 0.25) is 5.02 Å². The van der Waals surface area contributed by atoms with Crippen molar-refractivity contribution >= 4 is 29.9 Å². The molecule has 1 heterocycles. The van der Waals surface area contributed by atoms with E-state index < -0.39 is 0 Å². The summed E-state index contributed by atoms with van der Waals surface area (Å²) in [5.74, 6) is 0.153. The summed E-state index contributed by atoms with van der Waals surface area (Å²) in [6.45, 7) is 2.05. The second-order valence-electron chi connectivity index (χ2n) is 5.11. The molecule has 20 heavy (non-hydrogen) atoms. The SMILES string of the molecule is CN(C(=O)Cc1ccccc1Cl)C1CCCNCC1.Cl. The van der Waals surface area contributed by atoms with E-state index in [9.17, 15) is 4.79 Å². The molecule has 0 spiro atoms. The molecular weight excluding hydrogens is 295 g/mol. The molecule has 1 fully saturated rings. The number of nitrogens with zero attached hydrogens (tertiary/aromatic N) is 1. The molecule has 0 radical (unpaired) electrons. The van der Waals surface area contributed by atoms with Gasteiger partial charge >= 0.3 is 0 Å². The number of nitrogens with one attached hydrogen (secondary N) is 1. The second-order valence-corrected chi connectivity index (χ2v) is 5.51. The van der Waals surface area contributed by atoms with Crippen molar-refractivity contribution in [2.45, 2.75) is 31.7 Å². The van der Waals surface area contributed by atoms with Crippen LogP contribution in [0.5, 0.6) is 0 Å². The molecule has 3 nitrogen and oxygen atoms in total. The maximum Gasteiger partial charge on any atom is 0.227 e. The lowest BCUT2D eigenvalue weighted by molar-refractivity contribution is -0.131. The highest BCUT2D eigenvalue weighted by atomic mass is 35.5. The molecule has 1 saturated heterocycles. The molecule has 5 heteroatoms. The average Bonchev–Trinajstić information content (AvgIpc) is 2.69. The fraction of sp³-hybridized carbons (Fsp3) is 0.533. The van der Waals surface area contributed by atoms with Crippen molar-refractivity contribution < 1.29 is 4.79 Å². The van der Waals surface area contributed by atoms with Gasteiger partial charge < -0.3 is 10.2 Å². The number of benzene rings is 1. The predicted molar refractivity (Wildman–Crippen MR) is 85.7 cm³/mol. The zero-order chi connectivity index (χ0) is 13.7. The number of rotatable bonds is 3. The minimum absolute atomic E-state index is 0. The van der Waals surface area contributed by atoms with Crippen LogP contribution < -0.4 is 5.32 Å². The average molecular weight is 317 g/mol. The largest absolute Gasteiger partial charge is 0.342 e. The molecule has 1 aromatic carbocycles. The number of likely N-dealkylation sites (N-methyl/N-ethyl adjacent to an activating group) is 1. The summed E-state index contributed by atoms with van der Waals surface area (Å²) in [6.07, 6.45) is 3.64. The van der Waals surface area contributed by atoms with Crippen LogP contribution in [-0.2, 0) is 11.2 Å². The van der Waals surface area contributed by atoms with E-state index in [0.717, 1.165) is 37.9 Å². The van der Waals surface area contributed by atoms with Crippen LogP contribution in [-0.4, -0.2) is 37.0 Å². The molecule has 0 aliphatic carbocycles. The van der Waals surface area contributed by atoms with Crippen molar-refractivity contribution in [3.63, 3.8) is 0 Å². The highest BCUT2D eigenvalue weighted by Crippen LogP contribution is 2.18. The molecular formula is C15H22Cl2N2O. The van der Waals surface area contributed by atoms with Gasteiger partial charge in [0.25, 0.3) is 0 Å². The first kappa shape index (κ1) is 17.3. The summed E-state index contributed by atoms with van der Waals surface area (Å²) in [6, 6.07) is 7.91. The Labute approximate surface area is 132 Å². The molecule has 1 aliphatic heterocycles. The summed E-state index contributed by atoms with van der Waals surface area (Å²) >= 11 is 6.10. The Morgan fingerprint density at radius 1 is 1.35 bits per heavy atom. The van der Waals surface area contributed by atoms with E-state index in [1.807, 2.05) is 36.2 Å². The minimum atomic E-state index is 0. The van der Waals surface area contributed by atoms with E-state index in [1.54, 1.807) is 0 Å². The van der Waals surface area contributed by atoms with Crippen molar-refractivity contribution in [1.29, 1.82) is 0 Å². The molecule has 0 aromatic heterocycles. The van der Waals surface area contributed by atoms with Gasteiger partial charge in [0.15, 0.2) is 0 Å². The fourth-order valence-corrected chi connectivity index (χ4v) is 2.72. The molecule has 1 aromatic rings. The lowest BCUT2D eigenvalue weighted by Gasteiger charge is -2.27. The standard InChI is InChI=1S/C15H21ClN2O.ClH/c1-18(13-6-4-9-17-10-8-13)15(19)11-12-5-2-3-7-14(12)16;/h2-3,5,7,13,17H,4,6,8-11H2,1H3;1H. The van der Waals surface area contributed by atoms with E-state index >= 15 is 0 Å². The van der Waals surface area contributed by atoms with Crippen molar-refractivity contribution in [2.24, 2.45) is 0 Å². The highest BCUT2D eigenvalue weighted by molar-refractivity contribution is 6.31. The van der Waals surface area contributed by atoms with Crippen LogP contribution in [0.1, 0.15) is 24.8 Å². The van der Waals surface area contributed by atoms with Gasteiger partial charge in [-0.2, -0.15) is 0 Å². The van der Waals surface area contributed by atoms with Gasteiger partial charge in [-0.25, -0.2) is 0 Å².